The molecular weight excluding hydrogens is 206 g/mol. The highest BCUT2D eigenvalue weighted by Crippen LogP contribution is 2.21. The number of benzene rings is 2. The van der Waals surface area contributed by atoms with Crippen LogP contribution in [0.3, 0.4) is 0 Å². The number of rotatable bonds is 4. The van der Waals surface area contributed by atoms with E-state index in [-0.39, 0.29) is 0 Å². The minimum atomic E-state index is 1.09. The predicted molar refractivity (Wildman–Crippen MR) is 75.4 cm³/mol. The third-order valence-corrected chi connectivity index (χ3v) is 2.43. The monoisotopic (exact) mass is 221 g/mol. The lowest BCUT2D eigenvalue weighted by atomic mass is 10.1. The van der Waals surface area contributed by atoms with Crippen molar-refractivity contribution >= 4 is 17.5 Å². The molecule has 0 heterocycles. The second-order valence-electron chi connectivity index (χ2n) is 3.67. The Morgan fingerprint density at radius 2 is 1.59 bits per heavy atom. The van der Waals surface area contributed by atoms with Gasteiger partial charge in [-0.05, 0) is 23.8 Å². The molecule has 0 aromatic heterocycles. The molecule has 2 rings (SSSR count). The van der Waals surface area contributed by atoms with Crippen molar-refractivity contribution < 1.29 is 0 Å². The van der Waals surface area contributed by atoms with E-state index >= 15 is 0 Å². The molecule has 2 aromatic carbocycles. The molecule has 0 radical (unpaired) electrons. The zero-order valence-corrected chi connectivity index (χ0v) is 9.64. The van der Waals surface area contributed by atoms with Gasteiger partial charge in [0.1, 0.15) is 0 Å². The Kier molecular flexibility index (Phi) is 3.77. The van der Waals surface area contributed by atoms with Crippen LogP contribution in [0.5, 0.6) is 0 Å². The smallest absolute Gasteiger partial charge is 0.0457 e. The standard InChI is InChI=1S/C16H15N/c1-2-3-9-14-10-7-8-13-16(14)17-15-11-5-4-6-12-15/h2-13,17H,1H2. The summed E-state index contributed by atoms with van der Waals surface area (Å²) in [7, 11) is 0. The van der Waals surface area contributed by atoms with E-state index < -0.39 is 0 Å². The lowest BCUT2D eigenvalue weighted by Crippen LogP contribution is -1.91. The molecule has 0 aliphatic carbocycles. The van der Waals surface area contributed by atoms with Crippen LogP contribution in [0.4, 0.5) is 11.4 Å². The number of hydrogen-bond acceptors (Lipinski definition) is 1. The van der Waals surface area contributed by atoms with Gasteiger partial charge in [0.15, 0.2) is 0 Å². The first kappa shape index (κ1) is 11.2. The fourth-order valence-corrected chi connectivity index (χ4v) is 1.60. The van der Waals surface area contributed by atoms with E-state index in [1.54, 1.807) is 6.08 Å². The molecule has 1 heteroatoms. The Bertz CT molecular complexity index is 512. The van der Waals surface area contributed by atoms with E-state index in [1.807, 2.05) is 54.6 Å². The highest BCUT2D eigenvalue weighted by atomic mass is 14.9. The van der Waals surface area contributed by atoms with Crippen molar-refractivity contribution in [2.75, 3.05) is 5.32 Å². The predicted octanol–water partition coefficient (Wildman–Crippen LogP) is 4.63. The SMILES string of the molecule is C=CC=Cc1ccccc1Nc1ccccc1. The molecule has 17 heavy (non-hydrogen) atoms. The summed E-state index contributed by atoms with van der Waals surface area (Å²) in [5, 5.41) is 3.40. The van der Waals surface area contributed by atoms with Crippen molar-refractivity contribution in [1.29, 1.82) is 0 Å². The minimum Gasteiger partial charge on any atom is -0.355 e. The highest BCUT2D eigenvalue weighted by Gasteiger charge is 1.97. The van der Waals surface area contributed by atoms with E-state index in [4.69, 9.17) is 0 Å². The molecule has 0 amide bonds. The van der Waals surface area contributed by atoms with Gasteiger partial charge in [-0.1, -0.05) is 61.2 Å². The lowest BCUT2D eigenvalue weighted by Gasteiger charge is -2.09. The van der Waals surface area contributed by atoms with Crippen LogP contribution in [0, 0.1) is 0 Å². The largest absolute Gasteiger partial charge is 0.355 e. The van der Waals surface area contributed by atoms with E-state index in [0.717, 1.165) is 16.9 Å². The van der Waals surface area contributed by atoms with Gasteiger partial charge in [-0.25, -0.2) is 0 Å². The second-order valence-corrected chi connectivity index (χ2v) is 3.67. The van der Waals surface area contributed by atoms with Crippen molar-refractivity contribution in [3.63, 3.8) is 0 Å². The van der Waals surface area contributed by atoms with Crippen LogP contribution >= 0.6 is 0 Å². The molecule has 0 spiro atoms. The number of anilines is 2. The summed E-state index contributed by atoms with van der Waals surface area (Å²) in [5.74, 6) is 0. The quantitative estimate of drug-likeness (QED) is 0.742. The van der Waals surface area contributed by atoms with Crippen LogP contribution in [-0.4, -0.2) is 0 Å². The maximum atomic E-state index is 3.68. The van der Waals surface area contributed by atoms with Gasteiger partial charge < -0.3 is 5.32 Å². The lowest BCUT2D eigenvalue weighted by molar-refractivity contribution is 1.53. The zero-order chi connectivity index (χ0) is 11.9. The second kappa shape index (κ2) is 5.71. The average Bonchev–Trinajstić information content (AvgIpc) is 2.39. The van der Waals surface area contributed by atoms with Crippen molar-refractivity contribution in [3.05, 3.63) is 78.9 Å². The third kappa shape index (κ3) is 3.08. The molecule has 0 atom stereocenters. The molecule has 0 saturated carbocycles. The van der Waals surface area contributed by atoms with Gasteiger partial charge in [-0.3, -0.25) is 0 Å². The summed E-state index contributed by atoms with van der Waals surface area (Å²) in [4.78, 5) is 0. The fourth-order valence-electron chi connectivity index (χ4n) is 1.60. The molecule has 1 nitrogen and oxygen atoms in total. The van der Waals surface area contributed by atoms with Crippen LogP contribution in [0.15, 0.2) is 73.3 Å². The number of para-hydroxylation sites is 2. The molecule has 0 aliphatic rings. The van der Waals surface area contributed by atoms with Crippen LogP contribution in [0.25, 0.3) is 6.08 Å². The summed E-state index contributed by atoms with van der Waals surface area (Å²) in [6.07, 6.45) is 5.75. The van der Waals surface area contributed by atoms with Crippen LogP contribution in [0.2, 0.25) is 0 Å². The molecule has 0 saturated heterocycles. The topological polar surface area (TPSA) is 12.0 Å². The Morgan fingerprint density at radius 1 is 0.882 bits per heavy atom. The van der Waals surface area contributed by atoms with Crippen LogP contribution in [0.1, 0.15) is 5.56 Å². The molecular formula is C16H15N. The van der Waals surface area contributed by atoms with Crippen molar-refractivity contribution in [2.45, 2.75) is 0 Å². The first-order chi connectivity index (χ1) is 8.40. The molecule has 0 aliphatic heterocycles. The van der Waals surface area contributed by atoms with E-state index in [0.29, 0.717) is 0 Å². The Morgan fingerprint density at radius 3 is 2.35 bits per heavy atom. The number of nitrogens with one attached hydrogen (secondary N) is 1. The summed E-state index contributed by atoms with van der Waals surface area (Å²) in [6.45, 7) is 3.68. The Labute approximate surface area is 102 Å². The van der Waals surface area contributed by atoms with E-state index in [2.05, 4.69) is 24.0 Å². The van der Waals surface area contributed by atoms with Crippen LogP contribution in [-0.2, 0) is 0 Å². The minimum absolute atomic E-state index is 1.09. The van der Waals surface area contributed by atoms with E-state index in [9.17, 15) is 0 Å². The van der Waals surface area contributed by atoms with Gasteiger partial charge in [0.2, 0.25) is 0 Å². The zero-order valence-electron chi connectivity index (χ0n) is 9.64. The third-order valence-electron chi connectivity index (χ3n) is 2.43. The molecule has 0 fully saturated rings. The Hall–Kier alpha value is -2.28. The van der Waals surface area contributed by atoms with Gasteiger partial charge in [0.25, 0.3) is 0 Å². The normalized spacial score (nSPS) is 10.4. The molecule has 84 valence electrons. The van der Waals surface area contributed by atoms with Crippen molar-refractivity contribution in [1.82, 2.24) is 0 Å². The summed E-state index contributed by atoms with van der Waals surface area (Å²) < 4.78 is 0. The van der Waals surface area contributed by atoms with Crippen molar-refractivity contribution in [3.8, 4) is 0 Å². The first-order valence-corrected chi connectivity index (χ1v) is 5.60. The molecule has 0 unspecified atom stereocenters. The summed E-state index contributed by atoms with van der Waals surface area (Å²) in [6, 6.07) is 18.3. The van der Waals surface area contributed by atoms with Gasteiger partial charge in [0, 0.05) is 11.4 Å². The molecule has 2 aromatic rings. The summed E-state index contributed by atoms with van der Waals surface area (Å²) in [5.41, 5.74) is 3.33. The van der Waals surface area contributed by atoms with Crippen LogP contribution < -0.4 is 5.32 Å². The van der Waals surface area contributed by atoms with Gasteiger partial charge >= 0.3 is 0 Å². The number of allylic oxidation sites excluding steroid dienone is 2. The number of hydrogen-bond donors (Lipinski definition) is 1. The average molecular weight is 221 g/mol. The fraction of sp³-hybridized carbons (Fsp3) is 0. The maximum Gasteiger partial charge on any atom is 0.0457 e. The first-order valence-electron chi connectivity index (χ1n) is 5.60. The summed E-state index contributed by atoms with van der Waals surface area (Å²) >= 11 is 0. The Balaban J connectivity index is 2.26. The van der Waals surface area contributed by atoms with Gasteiger partial charge in [-0.15, -0.1) is 0 Å². The molecule has 1 N–H and O–H groups in total. The van der Waals surface area contributed by atoms with E-state index in [1.165, 1.54) is 0 Å². The van der Waals surface area contributed by atoms with Gasteiger partial charge in [0.05, 0.1) is 0 Å². The highest BCUT2D eigenvalue weighted by molar-refractivity contribution is 5.72. The maximum absolute atomic E-state index is 3.68. The van der Waals surface area contributed by atoms with Crippen molar-refractivity contribution in [2.24, 2.45) is 0 Å². The van der Waals surface area contributed by atoms with Gasteiger partial charge in [-0.2, -0.15) is 0 Å². The molecule has 0 bridgehead atoms.